The number of benzene rings is 1. The van der Waals surface area contributed by atoms with Crippen LogP contribution in [0, 0.1) is 0 Å². The highest BCUT2D eigenvalue weighted by Gasteiger charge is 2.20. The van der Waals surface area contributed by atoms with Gasteiger partial charge < -0.3 is 9.47 Å². The molecule has 4 nitrogen and oxygen atoms in total. The lowest BCUT2D eigenvalue weighted by Crippen LogP contribution is -2.30. The van der Waals surface area contributed by atoms with Gasteiger partial charge in [0.1, 0.15) is 0 Å². The van der Waals surface area contributed by atoms with Crippen molar-refractivity contribution in [1.29, 1.82) is 0 Å². The Morgan fingerprint density at radius 3 is 2.75 bits per heavy atom. The van der Waals surface area contributed by atoms with Gasteiger partial charge in [0.2, 0.25) is 0 Å². The third-order valence-electron chi connectivity index (χ3n) is 4.44. The Hall–Kier alpha value is -1.75. The van der Waals surface area contributed by atoms with E-state index < -0.39 is 0 Å². The van der Waals surface area contributed by atoms with Gasteiger partial charge in [0.15, 0.2) is 0 Å². The van der Waals surface area contributed by atoms with Crippen LogP contribution in [0.15, 0.2) is 54.7 Å². The largest absolute Gasteiger partial charge is 0.377 e. The van der Waals surface area contributed by atoms with Crippen molar-refractivity contribution in [2.24, 2.45) is 0 Å². The molecule has 24 heavy (non-hydrogen) atoms. The molecule has 0 amide bonds. The molecule has 2 atom stereocenters. The summed E-state index contributed by atoms with van der Waals surface area (Å²) < 4.78 is 11.4. The van der Waals surface area contributed by atoms with Gasteiger partial charge in [-0.2, -0.15) is 0 Å². The molecule has 128 valence electrons. The molecule has 2 heterocycles. The van der Waals surface area contributed by atoms with E-state index in [1.54, 1.807) is 0 Å². The summed E-state index contributed by atoms with van der Waals surface area (Å²) in [5.41, 5.74) is 2.31. The minimum atomic E-state index is 0.138. The van der Waals surface area contributed by atoms with Crippen LogP contribution < -0.4 is 0 Å². The summed E-state index contributed by atoms with van der Waals surface area (Å²) in [6.07, 6.45) is 4.42. The first-order chi connectivity index (χ1) is 11.8. The van der Waals surface area contributed by atoms with Crippen molar-refractivity contribution >= 4 is 0 Å². The van der Waals surface area contributed by atoms with Gasteiger partial charge in [-0.15, -0.1) is 0 Å². The second-order valence-corrected chi connectivity index (χ2v) is 6.26. The topological polar surface area (TPSA) is 34.6 Å². The van der Waals surface area contributed by atoms with E-state index in [9.17, 15) is 0 Å². The highest BCUT2D eigenvalue weighted by Crippen LogP contribution is 2.25. The van der Waals surface area contributed by atoms with Crippen LogP contribution in [0.4, 0.5) is 0 Å². The van der Waals surface area contributed by atoms with Gasteiger partial charge >= 0.3 is 0 Å². The van der Waals surface area contributed by atoms with Crippen molar-refractivity contribution in [3.8, 4) is 0 Å². The molecule has 1 aliphatic heterocycles. The van der Waals surface area contributed by atoms with E-state index in [0.29, 0.717) is 13.2 Å². The number of rotatable bonds is 8. The molecule has 1 aliphatic rings. The fourth-order valence-electron chi connectivity index (χ4n) is 3.15. The number of likely N-dealkylation sites (N-methyl/N-ethyl adjacent to an activating group) is 1. The van der Waals surface area contributed by atoms with E-state index in [0.717, 1.165) is 31.7 Å². The second-order valence-electron chi connectivity index (χ2n) is 6.26. The predicted molar refractivity (Wildman–Crippen MR) is 94.9 cm³/mol. The molecule has 0 bridgehead atoms. The number of ether oxygens (including phenoxy) is 2. The van der Waals surface area contributed by atoms with Crippen LogP contribution >= 0.6 is 0 Å². The Balaban J connectivity index is 1.60. The highest BCUT2D eigenvalue weighted by atomic mass is 16.5. The zero-order valence-corrected chi connectivity index (χ0v) is 14.3. The van der Waals surface area contributed by atoms with Crippen molar-refractivity contribution in [2.45, 2.75) is 25.0 Å². The van der Waals surface area contributed by atoms with Gasteiger partial charge in [-0.1, -0.05) is 36.4 Å². The maximum absolute atomic E-state index is 5.82. The molecule has 0 aliphatic carbocycles. The fraction of sp³-hybridized carbons (Fsp3) is 0.450. The molecular weight excluding hydrogens is 300 g/mol. The molecular formula is C20H26N2O2. The van der Waals surface area contributed by atoms with Crippen LogP contribution in [0.2, 0.25) is 0 Å². The number of hydrogen-bond acceptors (Lipinski definition) is 4. The van der Waals surface area contributed by atoms with Gasteiger partial charge in [-0.05, 0) is 37.6 Å². The summed E-state index contributed by atoms with van der Waals surface area (Å²) in [5.74, 6) is 0. The zero-order chi connectivity index (χ0) is 16.6. The average Bonchev–Trinajstić information content (AvgIpc) is 3.14. The normalized spacial score (nSPS) is 18.8. The van der Waals surface area contributed by atoms with Gasteiger partial charge in [0.25, 0.3) is 0 Å². The third kappa shape index (κ3) is 4.63. The van der Waals surface area contributed by atoms with Crippen LogP contribution in [0.1, 0.15) is 30.1 Å². The molecule has 0 N–H and O–H groups in total. The maximum Gasteiger partial charge on any atom is 0.0809 e. The van der Waals surface area contributed by atoms with Crippen LogP contribution in [-0.4, -0.2) is 49.4 Å². The summed E-state index contributed by atoms with van der Waals surface area (Å²) in [7, 11) is 2.13. The first kappa shape index (κ1) is 17.1. The van der Waals surface area contributed by atoms with Crippen LogP contribution in [0.25, 0.3) is 0 Å². The second kappa shape index (κ2) is 8.92. The lowest BCUT2D eigenvalue weighted by Gasteiger charge is -2.28. The van der Waals surface area contributed by atoms with Crippen LogP contribution in [0.3, 0.4) is 0 Å². The van der Waals surface area contributed by atoms with Crippen molar-refractivity contribution in [1.82, 2.24) is 9.88 Å². The first-order valence-corrected chi connectivity index (χ1v) is 8.70. The van der Waals surface area contributed by atoms with Crippen LogP contribution in [-0.2, 0) is 9.47 Å². The number of aromatic nitrogens is 1. The Kier molecular flexibility index (Phi) is 6.35. The van der Waals surface area contributed by atoms with E-state index in [4.69, 9.17) is 9.47 Å². The summed E-state index contributed by atoms with van der Waals surface area (Å²) in [4.78, 5) is 6.86. The van der Waals surface area contributed by atoms with Gasteiger partial charge in [0, 0.05) is 19.3 Å². The summed E-state index contributed by atoms with van der Waals surface area (Å²) in [6, 6.07) is 16.7. The minimum absolute atomic E-state index is 0.138. The van der Waals surface area contributed by atoms with Gasteiger partial charge in [0.05, 0.1) is 31.1 Å². The van der Waals surface area contributed by atoms with Crippen LogP contribution in [0.5, 0.6) is 0 Å². The van der Waals surface area contributed by atoms with E-state index in [-0.39, 0.29) is 12.1 Å². The Bertz CT molecular complexity index is 546. The van der Waals surface area contributed by atoms with E-state index in [2.05, 4.69) is 47.3 Å². The maximum atomic E-state index is 5.82. The average molecular weight is 326 g/mol. The van der Waals surface area contributed by atoms with E-state index in [1.807, 2.05) is 24.4 Å². The molecule has 4 heteroatoms. The first-order valence-electron chi connectivity index (χ1n) is 8.70. The Morgan fingerprint density at radius 1 is 1.21 bits per heavy atom. The molecule has 1 saturated heterocycles. The molecule has 1 aromatic heterocycles. The zero-order valence-electron chi connectivity index (χ0n) is 14.3. The molecule has 2 aromatic rings. The molecule has 0 radical (unpaired) electrons. The Morgan fingerprint density at radius 2 is 2.04 bits per heavy atom. The SMILES string of the molecule is CN(CCOC[C@@H]1CCCO1)[C@H](c1ccccc1)c1ccccn1. The van der Waals surface area contributed by atoms with E-state index in [1.165, 1.54) is 5.56 Å². The highest BCUT2D eigenvalue weighted by molar-refractivity contribution is 5.27. The van der Waals surface area contributed by atoms with Crippen molar-refractivity contribution in [3.05, 3.63) is 66.0 Å². The van der Waals surface area contributed by atoms with Gasteiger partial charge in [-0.25, -0.2) is 0 Å². The molecule has 1 fully saturated rings. The number of pyridine rings is 1. The summed E-state index contributed by atoms with van der Waals surface area (Å²) >= 11 is 0. The lowest BCUT2D eigenvalue weighted by atomic mass is 10.0. The standard InChI is InChI=1S/C20H26N2O2/c1-22(13-15-23-16-18-10-7-14-24-18)20(17-8-3-2-4-9-17)19-11-5-6-12-21-19/h2-6,8-9,11-12,18,20H,7,10,13-16H2,1H3/t18-,20+/m0/s1. The van der Waals surface area contributed by atoms with E-state index >= 15 is 0 Å². The molecule has 1 aromatic carbocycles. The lowest BCUT2D eigenvalue weighted by molar-refractivity contribution is 0.0103. The van der Waals surface area contributed by atoms with Gasteiger partial charge in [-0.3, -0.25) is 9.88 Å². The number of hydrogen-bond donors (Lipinski definition) is 0. The smallest absolute Gasteiger partial charge is 0.0809 e. The minimum Gasteiger partial charge on any atom is -0.377 e. The van der Waals surface area contributed by atoms with Crippen molar-refractivity contribution in [3.63, 3.8) is 0 Å². The molecule has 0 unspecified atom stereocenters. The third-order valence-corrected chi connectivity index (χ3v) is 4.44. The summed E-state index contributed by atoms with van der Waals surface area (Å²) in [5, 5.41) is 0. The predicted octanol–water partition coefficient (Wildman–Crippen LogP) is 3.30. The Labute approximate surface area is 144 Å². The molecule has 0 spiro atoms. The monoisotopic (exact) mass is 326 g/mol. The number of nitrogens with zero attached hydrogens (tertiary/aromatic N) is 2. The van der Waals surface area contributed by atoms with Crippen molar-refractivity contribution < 1.29 is 9.47 Å². The fourth-order valence-corrected chi connectivity index (χ4v) is 3.15. The molecule has 3 rings (SSSR count). The molecule has 0 saturated carbocycles. The summed E-state index contributed by atoms with van der Waals surface area (Å²) in [6.45, 7) is 3.13. The van der Waals surface area contributed by atoms with Crippen molar-refractivity contribution in [2.75, 3.05) is 33.4 Å². The quantitative estimate of drug-likeness (QED) is 0.697.